The van der Waals surface area contributed by atoms with Gasteiger partial charge in [0.25, 0.3) is 5.91 Å². The van der Waals surface area contributed by atoms with Crippen molar-refractivity contribution in [1.29, 1.82) is 0 Å². The van der Waals surface area contributed by atoms with Crippen LogP contribution >= 0.6 is 0 Å². The molecule has 0 saturated heterocycles. The van der Waals surface area contributed by atoms with Gasteiger partial charge in [-0.15, -0.1) is 0 Å². The largest absolute Gasteiger partial charge is 0.392 e. The molecule has 94 valence electrons. The van der Waals surface area contributed by atoms with Crippen molar-refractivity contribution in [2.75, 3.05) is 6.54 Å². The third-order valence-corrected chi connectivity index (χ3v) is 2.59. The van der Waals surface area contributed by atoms with E-state index in [2.05, 4.69) is 5.32 Å². The zero-order chi connectivity index (χ0) is 13.0. The van der Waals surface area contributed by atoms with Crippen LogP contribution < -0.4 is 5.32 Å². The lowest BCUT2D eigenvalue weighted by Gasteiger charge is -2.08. The maximum absolute atomic E-state index is 11.7. The first-order chi connectivity index (χ1) is 8.66. The molecule has 0 radical (unpaired) electrons. The van der Waals surface area contributed by atoms with E-state index >= 15 is 0 Å². The van der Waals surface area contributed by atoms with Crippen molar-refractivity contribution in [2.24, 2.45) is 0 Å². The van der Waals surface area contributed by atoms with Gasteiger partial charge in [0.2, 0.25) is 0 Å². The fraction of sp³-hybridized carbons (Fsp3) is 0.214. The minimum Gasteiger partial charge on any atom is -0.392 e. The number of amides is 1. The van der Waals surface area contributed by atoms with Crippen LogP contribution in [0.5, 0.6) is 0 Å². The quantitative estimate of drug-likeness (QED) is 0.858. The highest BCUT2D eigenvalue weighted by Crippen LogP contribution is 2.09. The second-order valence-corrected chi connectivity index (χ2v) is 4.20. The van der Waals surface area contributed by atoms with E-state index in [1.54, 1.807) is 19.1 Å². The monoisotopic (exact) mass is 244 g/mol. The van der Waals surface area contributed by atoms with Crippen LogP contribution in [0, 0.1) is 0 Å². The maximum atomic E-state index is 11.7. The van der Waals surface area contributed by atoms with Crippen molar-refractivity contribution < 1.29 is 9.90 Å². The van der Waals surface area contributed by atoms with Gasteiger partial charge >= 0.3 is 0 Å². The number of aromatic nitrogens is 1. The highest BCUT2D eigenvalue weighted by atomic mass is 16.3. The molecule has 0 bridgehead atoms. The van der Waals surface area contributed by atoms with Gasteiger partial charge in [-0.05, 0) is 43.3 Å². The molecule has 18 heavy (non-hydrogen) atoms. The number of aliphatic hydroxyl groups is 1. The first-order valence-corrected chi connectivity index (χ1v) is 5.86. The van der Waals surface area contributed by atoms with Gasteiger partial charge < -0.3 is 15.0 Å². The van der Waals surface area contributed by atoms with Gasteiger partial charge in [-0.2, -0.15) is 0 Å². The standard InChI is InChI=1S/C14H16N2O2/c1-11(17)10-15-14(18)12-4-6-13(7-5-12)16-8-2-3-9-16/h2-9,11,17H,10H2,1H3,(H,15,18)/t11-/m0/s1. The van der Waals surface area contributed by atoms with E-state index < -0.39 is 6.10 Å². The predicted molar refractivity (Wildman–Crippen MR) is 69.8 cm³/mol. The van der Waals surface area contributed by atoms with E-state index in [1.165, 1.54) is 0 Å². The lowest BCUT2D eigenvalue weighted by atomic mass is 10.2. The van der Waals surface area contributed by atoms with Gasteiger partial charge in [-0.25, -0.2) is 0 Å². The van der Waals surface area contributed by atoms with Crippen LogP contribution in [0.25, 0.3) is 5.69 Å². The minimum atomic E-state index is -0.534. The normalized spacial score (nSPS) is 12.1. The van der Waals surface area contributed by atoms with Gasteiger partial charge in [0.05, 0.1) is 6.10 Å². The summed E-state index contributed by atoms with van der Waals surface area (Å²) in [5, 5.41) is 11.8. The van der Waals surface area contributed by atoms with Crippen LogP contribution in [0.2, 0.25) is 0 Å². The molecule has 2 aromatic rings. The first-order valence-electron chi connectivity index (χ1n) is 5.86. The number of benzene rings is 1. The molecule has 0 unspecified atom stereocenters. The second kappa shape index (κ2) is 5.51. The zero-order valence-corrected chi connectivity index (χ0v) is 10.2. The topological polar surface area (TPSA) is 54.3 Å². The molecule has 0 fully saturated rings. The van der Waals surface area contributed by atoms with E-state index in [-0.39, 0.29) is 12.5 Å². The molecule has 0 aliphatic rings. The zero-order valence-electron chi connectivity index (χ0n) is 10.2. The Morgan fingerprint density at radius 2 is 1.89 bits per heavy atom. The summed E-state index contributed by atoms with van der Waals surface area (Å²) in [4.78, 5) is 11.7. The van der Waals surface area contributed by atoms with Crippen LogP contribution in [0.1, 0.15) is 17.3 Å². The number of nitrogens with zero attached hydrogens (tertiary/aromatic N) is 1. The van der Waals surface area contributed by atoms with Gasteiger partial charge in [-0.3, -0.25) is 4.79 Å². The van der Waals surface area contributed by atoms with Crippen molar-refractivity contribution in [3.63, 3.8) is 0 Å². The van der Waals surface area contributed by atoms with Gasteiger partial charge in [0.1, 0.15) is 0 Å². The molecule has 2 N–H and O–H groups in total. The summed E-state index contributed by atoms with van der Waals surface area (Å²) in [5.74, 6) is -0.171. The van der Waals surface area contributed by atoms with Crippen LogP contribution in [-0.2, 0) is 0 Å². The van der Waals surface area contributed by atoms with Crippen LogP contribution in [-0.4, -0.2) is 28.2 Å². The molecule has 4 heteroatoms. The van der Waals surface area contributed by atoms with Crippen LogP contribution in [0.15, 0.2) is 48.8 Å². The number of rotatable bonds is 4. The van der Waals surface area contributed by atoms with E-state index in [0.29, 0.717) is 5.56 Å². The van der Waals surface area contributed by atoms with E-state index in [4.69, 9.17) is 5.11 Å². The van der Waals surface area contributed by atoms with Crippen LogP contribution in [0.4, 0.5) is 0 Å². The molecule has 1 aromatic carbocycles. The predicted octanol–water partition coefficient (Wildman–Crippen LogP) is 1.59. The molecule has 2 rings (SSSR count). The van der Waals surface area contributed by atoms with Crippen molar-refractivity contribution >= 4 is 5.91 Å². The second-order valence-electron chi connectivity index (χ2n) is 4.20. The Hall–Kier alpha value is -2.07. The average molecular weight is 244 g/mol. The molecule has 1 heterocycles. The summed E-state index contributed by atoms with van der Waals surface area (Å²) in [7, 11) is 0. The SMILES string of the molecule is C[C@H](O)CNC(=O)c1ccc(-n2cccc2)cc1. The van der Waals surface area contributed by atoms with E-state index in [9.17, 15) is 4.79 Å². The lowest BCUT2D eigenvalue weighted by Crippen LogP contribution is -2.30. The molecular weight excluding hydrogens is 228 g/mol. The fourth-order valence-corrected chi connectivity index (χ4v) is 1.63. The molecule has 0 aliphatic carbocycles. The summed E-state index contributed by atoms with van der Waals surface area (Å²) < 4.78 is 1.97. The third-order valence-electron chi connectivity index (χ3n) is 2.59. The number of aliphatic hydroxyl groups excluding tert-OH is 1. The van der Waals surface area contributed by atoms with Crippen molar-refractivity contribution in [3.05, 3.63) is 54.4 Å². The molecule has 1 aromatic heterocycles. The summed E-state index contributed by atoms with van der Waals surface area (Å²) in [6.07, 6.45) is 3.36. The summed E-state index contributed by atoms with van der Waals surface area (Å²) >= 11 is 0. The van der Waals surface area contributed by atoms with Gasteiger partial charge in [0, 0.05) is 30.2 Å². The average Bonchev–Trinajstić information content (AvgIpc) is 2.90. The molecule has 0 spiro atoms. The van der Waals surface area contributed by atoms with E-state index in [0.717, 1.165) is 5.69 Å². The Morgan fingerprint density at radius 1 is 1.28 bits per heavy atom. The van der Waals surface area contributed by atoms with E-state index in [1.807, 2.05) is 41.2 Å². The number of nitrogens with one attached hydrogen (secondary N) is 1. The van der Waals surface area contributed by atoms with Crippen LogP contribution in [0.3, 0.4) is 0 Å². The summed E-state index contributed by atoms with van der Waals surface area (Å²) in [5.41, 5.74) is 1.60. The highest BCUT2D eigenvalue weighted by molar-refractivity contribution is 5.94. The number of carbonyl (C=O) groups excluding carboxylic acids is 1. The van der Waals surface area contributed by atoms with Crippen molar-refractivity contribution in [2.45, 2.75) is 13.0 Å². The highest BCUT2D eigenvalue weighted by Gasteiger charge is 2.06. The van der Waals surface area contributed by atoms with Crippen molar-refractivity contribution in [3.8, 4) is 5.69 Å². The third kappa shape index (κ3) is 2.99. The lowest BCUT2D eigenvalue weighted by molar-refractivity contribution is 0.0924. The molecule has 1 amide bonds. The Kier molecular flexibility index (Phi) is 3.79. The maximum Gasteiger partial charge on any atom is 0.251 e. The number of hydrogen-bond donors (Lipinski definition) is 2. The number of carbonyl (C=O) groups is 1. The Morgan fingerprint density at radius 3 is 2.44 bits per heavy atom. The van der Waals surface area contributed by atoms with Gasteiger partial charge in [0.15, 0.2) is 0 Å². The first kappa shape index (κ1) is 12.4. The Balaban J connectivity index is 2.06. The number of hydrogen-bond acceptors (Lipinski definition) is 2. The summed E-state index contributed by atoms with van der Waals surface area (Å²) in [6.45, 7) is 1.90. The Labute approximate surface area is 106 Å². The molecule has 0 saturated carbocycles. The molecule has 4 nitrogen and oxygen atoms in total. The smallest absolute Gasteiger partial charge is 0.251 e. The molecule has 0 aliphatic heterocycles. The van der Waals surface area contributed by atoms with Gasteiger partial charge in [-0.1, -0.05) is 0 Å². The molecule has 1 atom stereocenters. The minimum absolute atomic E-state index is 0.171. The van der Waals surface area contributed by atoms with Crippen molar-refractivity contribution in [1.82, 2.24) is 9.88 Å². The molecular formula is C14H16N2O2. The summed E-state index contributed by atoms with van der Waals surface area (Å²) in [6, 6.07) is 11.2. The Bertz CT molecular complexity index is 501. The fourth-order valence-electron chi connectivity index (χ4n) is 1.63.